The van der Waals surface area contributed by atoms with Crippen molar-refractivity contribution < 1.29 is 23.0 Å². The summed E-state index contributed by atoms with van der Waals surface area (Å²) in [6, 6.07) is 1.22. The summed E-state index contributed by atoms with van der Waals surface area (Å²) in [7, 11) is 1.60. The van der Waals surface area contributed by atoms with Gasteiger partial charge in [-0.2, -0.15) is 4.39 Å². The van der Waals surface area contributed by atoms with Gasteiger partial charge in [-0.1, -0.05) is 23.2 Å². The molecule has 1 aromatic carbocycles. The van der Waals surface area contributed by atoms with Crippen LogP contribution in [0.1, 0.15) is 36.4 Å². The number of hydrogen-bond donors (Lipinski definition) is 1. The van der Waals surface area contributed by atoms with Gasteiger partial charge in [0.05, 0.1) is 34.6 Å². The standard InChI is InChI=1S/C21H21Cl2F2N3O3/c1-30-5-2-6-31-18-10-26-20(25)12-7-11-3-4-17(19(12)18)28(11)21(29)27-16-9-14(23)13(22)8-15(16)24/h8-11,17H,2-7H2,1H3,(H,27,29)/t11-,17+/m0/s1. The molecule has 1 fully saturated rings. The third kappa shape index (κ3) is 4.29. The molecule has 31 heavy (non-hydrogen) atoms. The number of pyridine rings is 1. The molecule has 3 heterocycles. The minimum Gasteiger partial charge on any atom is -0.491 e. The number of carbonyl (C=O) groups is 1. The highest BCUT2D eigenvalue weighted by molar-refractivity contribution is 6.42. The van der Waals surface area contributed by atoms with Crippen molar-refractivity contribution in [2.24, 2.45) is 0 Å². The lowest BCUT2D eigenvalue weighted by Crippen LogP contribution is -2.44. The van der Waals surface area contributed by atoms with Crippen molar-refractivity contribution in [2.45, 2.75) is 37.8 Å². The number of aromatic nitrogens is 1. The average Bonchev–Trinajstić information content (AvgIpc) is 3.05. The molecule has 4 rings (SSSR count). The van der Waals surface area contributed by atoms with Crippen molar-refractivity contribution in [3.63, 3.8) is 0 Å². The van der Waals surface area contributed by atoms with Crippen LogP contribution in [0.5, 0.6) is 5.75 Å². The number of carbonyl (C=O) groups excluding carboxylic acids is 1. The van der Waals surface area contributed by atoms with Crippen molar-refractivity contribution in [3.8, 4) is 5.75 Å². The van der Waals surface area contributed by atoms with Crippen LogP contribution in [-0.4, -0.2) is 42.3 Å². The van der Waals surface area contributed by atoms with Crippen molar-refractivity contribution in [2.75, 3.05) is 25.6 Å². The molecule has 6 nitrogen and oxygen atoms in total. The van der Waals surface area contributed by atoms with Gasteiger partial charge in [0.1, 0.15) is 11.6 Å². The quantitative estimate of drug-likeness (QED) is 0.349. The molecule has 0 saturated carbocycles. The third-order valence-electron chi connectivity index (χ3n) is 5.65. The average molecular weight is 472 g/mol. The molecular formula is C21H21Cl2F2N3O3. The summed E-state index contributed by atoms with van der Waals surface area (Å²) < 4.78 is 39.6. The van der Waals surface area contributed by atoms with E-state index in [1.54, 1.807) is 12.0 Å². The molecule has 10 heteroatoms. The number of methoxy groups -OCH3 is 1. The molecule has 1 N–H and O–H groups in total. The van der Waals surface area contributed by atoms with Gasteiger partial charge in [-0.05, 0) is 31.4 Å². The predicted molar refractivity (Wildman–Crippen MR) is 113 cm³/mol. The Balaban J connectivity index is 1.60. The number of benzene rings is 1. The Kier molecular flexibility index (Phi) is 6.50. The zero-order chi connectivity index (χ0) is 22.1. The molecule has 2 aliphatic heterocycles. The highest BCUT2D eigenvalue weighted by atomic mass is 35.5. The lowest BCUT2D eigenvalue weighted by molar-refractivity contribution is 0.165. The van der Waals surface area contributed by atoms with E-state index in [1.165, 1.54) is 12.3 Å². The van der Waals surface area contributed by atoms with Crippen LogP contribution < -0.4 is 10.1 Å². The zero-order valence-electron chi connectivity index (χ0n) is 16.8. The van der Waals surface area contributed by atoms with Crippen molar-refractivity contribution in [3.05, 3.63) is 51.3 Å². The summed E-state index contributed by atoms with van der Waals surface area (Å²) in [6.45, 7) is 0.913. The smallest absolute Gasteiger partial charge is 0.322 e. The third-order valence-corrected chi connectivity index (χ3v) is 6.37. The van der Waals surface area contributed by atoms with E-state index in [-0.39, 0.29) is 21.8 Å². The molecule has 1 saturated heterocycles. The number of nitrogens with zero attached hydrogens (tertiary/aromatic N) is 2. The minimum atomic E-state index is -0.690. The monoisotopic (exact) mass is 471 g/mol. The summed E-state index contributed by atoms with van der Waals surface area (Å²) in [5.74, 6) is -0.784. The number of urea groups is 1. The van der Waals surface area contributed by atoms with Crippen LogP contribution >= 0.6 is 23.2 Å². The first-order valence-corrected chi connectivity index (χ1v) is 10.7. The summed E-state index contributed by atoms with van der Waals surface area (Å²) >= 11 is 11.8. The fraction of sp³-hybridized carbons (Fsp3) is 0.429. The SMILES string of the molecule is COCCCOc1cnc(F)c2c1[C@H]1CC[C@@H](C2)N1C(=O)Nc1cc(Cl)c(Cl)cc1F. The van der Waals surface area contributed by atoms with E-state index in [1.807, 2.05) is 0 Å². The molecule has 2 aromatic rings. The summed E-state index contributed by atoms with van der Waals surface area (Å²) in [5.41, 5.74) is 1.03. The molecule has 0 spiro atoms. The molecule has 2 aliphatic rings. The molecule has 166 valence electrons. The number of rotatable bonds is 6. The van der Waals surface area contributed by atoms with E-state index in [2.05, 4.69) is 10.3 Å². The predicted octanol–water partition coefficient (Wildman–Crippen LogP) is 5.38. The van der Waals surface area contributed by atoms with Gasteiger partial charge in [0.25, 0.3) is 0 Å². The fourth-order valence-electron chi connectivity index (χ4n) is 4.29. The van der Waals surface area contributed by atoms with Crippen LogP contribution in [0.15, 0.2) is 18.3 Å². The molecule has 0 radical (unpaired) electrons. The van der Waals surface area contributed by atoms with Crippen LogP contribution in [0.4, 0.5) is 19.3 Å². The van der Waals surface area contributed by atoms with Gasteiger partial charge < -0.3 is 19.7 Å². The van der Waals surface area contributed by atoms with Gasteiger partial charge in [-0.3, -0.25) is 0 Å². The normalized spacial score (nSPS) is 19.3. The summed E-state index contributed by atoms with van der Waals surface area (Å²) in [5, 5.41) is 2.76. The van der Waals surface area contributed by atoms with Crippen LogP contribution in [0.3, 0.4) is 0 Å². The van der Waals surface area contributed by atoms with E-state index in [9.17, 15) is 13.6 Å². The van der Waals surface area contributed by atoms with Crippen LogP contribution in [0.25, 0.3) is 0 Å². The number of hydrogen-bond acceptors (Lipinski definition) is 4. The minimum absolute atomic E-state index is 0.0578. The topological polar surface area (TPSA) is 63.7 Å². The Bertz CT molecular complexity index is 1010. The fourth-order valence-corrected chi connectivity index (χ4v) is 4.60. The molecule has 2 amide bonds. The van der Waals surface area contributed by atoms with Crippen LogP contribution in [0.2, 0.25) is 10.0 Å². The highest BCUT2D eigenvalue weighted by Gasteiger charge is 2.45. The maximum atomic E-state index is 14.5. The Hall–Kier alpha value is -2.16. The van der Waals surface area contributed by atoms with Gasteiger partial charge in [0.15, 0.2) is 0 Å². The first-order valence-electron chi connectivity index (χ1n) is 9.93. The molecule has 2 bridgehead atoms. The van der Waals surface area contributed by atoms with Gasteiger partial charge in [-0.25, -0.2) is 14.2 Å². The number of nitrogens with one attached hydrogen (secondary N) is 1. The Labute approximate surface area is 188 Å². The second kappa shape index (κ2) is 9.14. The number of ether oxygens (including phenoxy) is 2. The van der Waals surface area contributed by atoms with Gasteiger partial charge in [-0.15, -0.1) is 0 Å². The van der Waals surface area contributed by atoms with Crippen molar-refractivity contribution in [1.29, 1.82) is 0 Å². The lowest BCUT2D eigenvalue weighted by atomic mass is 9.94. The summed E-state index contributed by atoms with van der Waals surface area (Å²) in [6.07, 6.45) is 3.67. The van der Waals surface area contributed by atoms with Crippen LogP contribution in [-0.2, 0) is 11.2 Å². The zero-order valence-corrected chi connectivity index (χ0v) is 18.3. The highest BCUT2D eigenvalue weighted by Crippen LogP contribution is 2.48. The van der Waals surface area contributed by atoms with E-state index in [0.29, 0.717) is 55.8 Å². The first-order chi connectivity index (χ1) is 14.9. The molecule has 2 atom stereocenters. The first kappa shape index (κ1) is 22.0. The van der Waals surface area contributed by atoms with Crippen LogP contribution in [0, 0.1) is 11.8 Å². The molecular weight excluding hydrogens is 451 g/mol. The number of halogens is 4. The largest absolute Gasteiger partial charge is 0.491 e. The molecule has 0 aliphatic carbocycles. The number of anilines is 1. The number of amides is 2. The van der Waals surface area contributed by atoms with E-state index in [0.717, 1.165) is 6.07 Å². The molecule has 0 unspecified atom stereocenters. The van der Waals surface area contributed by atoms with Crippen molar-refractivity contribution in [1.82, 2.24) is 9.88 Å². The van der Waals surface area contributed by atoms with E-state index in [4.69, 9.17) is 32.7 Å². The maximum Gasteiger partial charge on any atom is 0.322 e. The summed E-state index contributed by atoms with van der Waals surface area (Å²) in [4.78, 5) is 18.6. The lowest BCUT2D eigenvalue weighted by Gasteiger charge is -2.37. The maximum absolute atomic E-state index is 14.5. The van der Waals surface area contributed by atoms with E-state index < -0.39 is 23.8 Å². The van der Waals surface area contributed by atoms with Crippen molar-refractivity contribution >= 4 is 34.9 Å². The second-order valence-electron chi connectivity index (χ2n) is 7.53. The van der Waals surface area contributed by atoms with E-state index >= 15 is 0 Å². The van der Waals surface area contributed by atoms with Gasteiger partial charge >= 0.3 is 6.03 Å². The Morgan fingerprint density at radius 3 is 2.81 bits per heavy atom. The number of fused-ring (bicyclic) bond motifs is 4. The van der Waals surface area contributed by atoms with Gasteiger partial charge in [0.2, 0.25) is 5.95 Å². The second-order valence-corrected chi connectivity index (χ2v) is 8.35. The van der Waals surface area contributed by atoms with Gasteiger partial charge in [0, 0.05) is 37.3 Å². The Morgan fingerprint density at radius 2 is 2.03 bits per heavy atom. The Morgan fingerprint density at radius 1 is 1.26 bits per heavy atom. The molecule has 1 aromatic heterocycles.